The Morgan fingerprint density at radius 2 is 1.57 bits per heavy atom. The molecule has 130 valence electrons. The molecule has 0 radical (unpaired) electrons. The van der Waals surface area contributed by atoms with E-state index in [1.165, 1.54) is 57.8 Å². The zero-order valence-corrected chi connectivity index (χ0v) is 15.3. The summed E-state index contributed by atoms with van der Waals surface area (Å²) in [5.41, 5.74) is 0. The van der Waals surface area contributed by atoms with Crippen molar-refractivity contribution in [2.24, 2.45) is 0 Å². The zero-order valence-electron chi connectivity index (χ0n) is 15.3. The molecule has 0 amide bonds. The molecule has 3 heteroatoms. The van der Waals surface area contributed by atoms with Gasteiger partial charge in [0.1, 0.15) is 11.9 Å². The third-order valence-corrected chi connectivity index (χ3v) is 4.57. The lowest BCUT2D eigenvalue weighted by molar-refractivity contribution is 0.509. The number of nitrogens with zero attached hydrogens (tertiary/aromatic N) is 3. The summed E-state index contributed by atoms with van der Waals surface area (Å²) in [6.45, 7) is 4.44. The van der Waals surface area contributed by atoms with Gasteiger partial charge in [-0.25, -0.2) is 4.98 Å². The number of imidazole rings is 1. The molecule has 1 aromatic heterocycles. The van der Waals surface area contributed by atoms with E-state index >= 15 is 0 Å². The van der Waals surface area contributed by atoms with Crippen molar-refractivity contribution in [2.45, 2.75) is 103 Å². The minimum Gasteiger partial charge on any atom is -0.318 e. The summed E-state index contributed by atoms with van der Waals surface area (Å²) in [4.78, 5) is 4.47. The van der Waals surface area contributed by atoms with E-state index in [0.717, 1.165) is 31.5 Å². The monoisotopic (exact) mass is 317 g/mol. The van der Waals surface area contributed by atoms with Crippen molar-refractivity contribution in [2.75, 3.05) is 0 Å². The number of rotatable bonds is 14. The number of aromatic nitrogens is 2. The van der Waals surface area contributed by atoms with Crippen LogP contribution in [0.1, 0.15) is 103 Å². The van der Waals surface area contributed by atoms with E-state index in [0.29, 0.717) is 0 Å². The molecule has 0 aliphatic carbocycles. The van der Waals surface area contributed by atoms with Crippen LogP contribution in [0.25, 0.3) is 0 Å². The molecule has 0 N–H and O–H groups in total. The summed E-state index contributed by atoms with van der Waals surface area (Å²) >= 11 is 0. The molecule has 0 aliphatic rings. The highest BCUT2D eigenvalue weighted by molar-refractivity contribution is 5.01. The Labute approximate surface area is 143 Å². The number of hydrogen-bond acceptors (Lipinski definition) is 2. The van der Waals surface area contributed by atoms with Crippen LogP contribution < -0.4 is 0 Å². The lowest BCUT2D eigenvalue weighted by atomic mass is 10.1. The maximum atomic E-state index is 9.38. The average Bonchev–Trinajstić information content (AvgIpc) is 3.02. The van der Waals surface area contributed by atoms with Gasteiger partial charge in [0.2, 0.25) is 0 Å². The van der Waals surface area contributed by atoms with Crippen LogP contribution in [0.3, 0.4) is 0 Å². The van der Waals surface area contributed by atoms with E-state index in [1.54, 1.807) is 0 Å². The molecule has 1 unspecified atom stereocenters. The highest BCUT2D eigenvalue weighted by Crippen LogP contribution is 2.18. The first kappa shape index (κ1) is 19.7. The second-order valence-electron chi connectivity index (χ2n) is 6.62. The summed E-state index contributed by atoms with van der Waals surface area (Å²) in [6.07, 6.45) is 20.1. The predicted octanol–water partition coefficient (Wildman–Crippen LogP) is 6.21. The Bertz CT molecular complexity index is 430. The first-order valence-corrected chi connectivity index (χ1v) is 9.74. The van der Waals surface area contributed by atoms with Crippen molar-refractivity contribution in [3.8, 4) is 6.07 Å². The fourth-order valence-electron chi connectivity index (χ4n) is 3.08. The van der Waals surface area contributed by atoms with Crippen LogP contribution in [0, 0.1) is 11.3 Å². The van der Waals surface area contributed by atoms with Crippen LogP contribution in [0.4, 0.5) is 0 Å². The molecule has 0 saturated carbocycles. The van der Waals surface area contributed by atoms with E-state index < -0.39 is 0 Å². The minimum atomic E-state index is -0.0361. The van der Waals surface area contributed by atoms with E-state index in [-0.39, 0.29) is 6.04 Å². The van der Waals surface area contributed by atoms with Gasteiger partial charge in [-0.3, -0.25) is 0 Å². The minimum absolute atomic E-state index is 0.0361. The average molecular weight is 318 g/mol. The summed E-state index contributed by atoms with van der Waals surface area (Å²) < 4.78 is 2.10. The molecule has 0 aromatic carbocycles. The van der Waals surface area contributed by atoms with Crippen molar-refractivity contribution >= 4 is 0 Å². The first-order valence-electron chi connectivity index (χ1n) is 9.74. The van der Waals surface area contributed by atoms with E-state index in [9.17, 15) is 5.26 Å². The second kappa shape index (κ2) is 13.2. The van der Waals surface area contributed by atoms with Crippen LogP contribution >= 0.6 is 0 Å². The van der Waals surface area contributed by atoms with Gasteiger partial charge in [0.15, 0.2) is 0 Å². The molecule has 1 heterocycles. The number of unbranched alkanes of at least 4 members (excludes halogenated alkanes) is 9. The Hall–Kier alpha value is -1.30. The van der Waals surface area contributed by atoms with Gasteiger partial charge in [-0.2, -0.15) is 5.26 Å². The highest BCUT2D eigenvalue weighted by Gasteiger charge is 2.13. The smallest absolute Gasteiger partial charge is 0.122 e. The fourth-order valence-corrected chi connectivity index (χ4v) is 3.08. The molecule has 0 bridgehead atoms. The van der Waals surface area contributed by atoms with Crippen LogP contribution in [0.15, 0.2) is 12.4 Å². The van der Waals surface area contributed by atoms with Crippen molar-refractivity contribution < 1.29 is 0 Å². The molecule has 1 rings (SSSR count). The van der Waals surface area contributed by atoms with Gasteiger partial charge in [0.25, 0.3) is 0 Å². The Balaban J connectivity index is 2.20. The quantitative estimate of drug-likeness (QED) is 0.383. The molecule has 0 saturated heterocycles. The normalized spacial score (nSPS) is 12.2. The van der Waals surface area contributed by atoms with Crippen LogP contribution in [-0.2, 0) is 6.42 Å². The molecule has 0 spiro atoms. The van der Waals surface area contributed by atoms with Gasteiger partial charge < -0.3 is 4.57 Å². The number of aryl methyl sites for hydroxylation is 1. The SMILES string of the molecule is CCCCCCCCCCCc1nccn1C(C#N)CCCC. The lowest BCUT2D eigenvalue weighted by Gasteiger charge is -2.13. The number of nitriles is 1. The van der Waals surface area contributed by atoms with E-state index in [1.807, 2.05) is 12.4 Å². The Morgan fingerprint density at radius 1 is 0.957 bits per heavy atom. The third-order valence-electron chi connectivity index (χ3n) is 4.57. The van der Waals surface area contributed by atoms with Gasteiger partial charge in [0.05, 0.1) is 6.07 Å². The van der Waals surface area contributed by atoms with Gasteiger partial charge in [-0.05, 0) is 12.8 Å². The van der Waals surface area contributed by atoms with Crippen LogP contribution in [0.5, 0.6) is 0 Å². The van der Waals surface area contributed by atoms with Crippen LogP contribution in [-0.4, -0.2) is 9.55 Å². The van der Waals surface area contributed by atoms with Gasteiger partial charge in [0, 0.05) is 18.8 Å². The molecule has 0 aliphatic heterocycles. The highest BCUT2D eigenvalue weighted by atomic mass is 15.1. The molecule has 3 nitrogen and oxygen atoms in total. The molecule has 1 atom stereocenters. The third kappa shape index (κ3) is 8.21. The van der Waals surface area contributed by atoms with Crippen LogP contribution in [0.2, 0.25) is 0 Å². The summed E-state index contributed by atoms with van der Waals surface area (Å²) in [6, 6.07) is 2.40. The Morgan fingerprint density at radius 3 is 2.17 bits per heavy atom. The standard InChI is InChI=1S/C20H35N3/c1-3-5-7-8-9-10-11-12-13-15-20-22-16-17-23(20)19(18-21)14-6-4-2/h16-17,19H,3-15H2,1-2H3. The number of hydrogen-bond donors (Lipinski definition) is 0. The maximum absolute atomic E-state index is 9.38. The van der Waals surface area contributed by atoms with E-state index in [2.05, 4.69) is 29.5 Å². The molecule has 0 fully saturated rings. The van der Waals surface area contributed by atoms with Gasteiger partial charge >= 0.3 is 0 Å². The van der Waals surface area contributed by atoms with Crippen molar-refractivity contribution in [1.29, 1.82) is 5.26 Å². The molecular weight excluding hydrogens is 282 g/mol. The largest absolute Gasteiger partial charge is 0.318 e. The van der Waals surface area contributed by atoms with Crippen molar-refractivity contribution in [3.63, 3.8) is 0 Å². The second-order valence-corrected chi connectivity index (χ2v) is 6.62. The predicted molar refractivity (Wildman–Crippen MR) is 97.3 cm³/mol. The lowest BCUT2D eigenvalue weighted by Crippen LogP contribution is -2.10. The van der Waals surface area contributed by atoms with E-state index in [4.69, 9.17) is 0 Å². The fraction of sp³-hybridized carbons (Fsp3) is 0.800. The summed E-state index contributed by atoms with van der Waals surface area (Å²) in [7, 11) is 0. The molecular formula is C20H35N3. The summed E-state index contributed by atoms with van der Waals surface area (Å²) in [5, 5.41) is 9.38. The topological polar surface area (TPSA) is 41.6 Å². The van der Waals surface area contributed by atoms with Crippen molar-refractivity contribution in [3.05, 3.63) is 18.2 Å². The van der Waals surface area contributed by atoms with Crippen molar-refractivity contribution in [1.82, 2.24) is 9.55 Å². The van der Waals surface area contributed by atoms with Gasteiger partial charge in [-0.1, -0.05) is 78.1 Å². The van der Waals surface area contributed by atoms with Gasteiger partial charge in [-0.15, -0.1) is 0 Å². The first-order chi connectivity index (χ1) is 11.3. The maximum Gasteiger partial charge on any atom is 0.122 e. The molecule has 1 aromatic rings. The molecule has 23 heavy (non-hydrogen) atoms. The summed E-state index contributed by atoms with van der Waals surface area (Å²) in [5.74, 6) is 1.09. The zero-order chi connectivity index (χ0) is 16.8. The Kier molecular flexibility index (Phi) is 11.3.